The summed E-state index contributed by atoms with van der Waals surface area (Å²) >= 11 is 0. The molecule has 1 nitrogen and oxygen atoms in total. The van der Waals surface area contributed by atoms with Crippen LogP contribution in [-0.4, -0.2) is 11.4 Å². The lowest BCUT2D eigenvalue weighted by atomic mass is 9.88. The van der Waals surface area contributed by atoms with Gasteiger partial charge in [-0.15, -0.1) is 6.58 Å². The first-order chi connectivity index (χ1) is 15.9. The smallest absolute Gasteiger partial charge is 0.0491 e. The zero-order valence-electron chi connectivity index (χ0n) is 23.2. The maximum atomic E-state index is 4.49. The number of hydrogen-bond donors (Lipinski definition) is 0. The maximum Gasteiger partial charge on any atom is 0.0491 e. The highest BCUT2D eigenvalue weighted by Gasteiger charge is 2.34. The zero-order chi connectivity index (χ0) is 25.7. The Bertz CT molecular complexity index is 904. The summed E-state index contributed by atoms with van der Waals surface area (Å²) in [4.78, 5) is 2.35. The molecule has 0 spiro atoms. The molecule has 1 aromatic carbocycles. The minimum Gasteiger partial charge on any atom is -0.337 e. The monoisotopic (exact) mass is 447 g/mol. The van der Waals surface area contributed by atoms with Crippen molar-refractivity contribution < 1.29 is 0 Å². The van der Waals surface area contributed by atoms with E-state index >= 15 is 0 Å². The number of aryl methyl sites for hydroxylation is 1. The molecule has 0 radical (unpaired) electrons. The second-order valence-corrected chi connectivity index (χ2v) is 7.48. The van der Waals surface area contributed by atoms with E-state index < -0.39 is 0 Å². The van der Waals surface area contributed by atoms with Gasteiger partial charge in [0, 0.05) is 17.9 Å². The van der Waals surface area contributed by atoms with E-state index in [9.17, 15) is 0 Å². The quantitative estimate of drug-likeness (QED) is 0.406. The van der Waals surface area contributed by atoms with Gasteiger partial charge in [0.2, 0.25) is 0 Å². The first-order valence-corrected chi connectivity index (χ1v) is 13.0. The van der Waals surface area contributed by atoms with Gasteiger partial charge in [0.1, 0.15) is 0 Å². The lowest BCUT2D eigenvalue weighted by Crippen LogP contribution is -2.23. The van der Waals surface area contributed by atoms with Gasteiger partial charge in [-0.1, -0.05) is 106 Å². The molecule has 1 fully saturated rings. The maximum absolute atomic E-state index is 4.49. The lowest BCUT2D eigenvalue weighted by molar-refractivity contribution is 0.504. The van der Waals surface area contributed by atoms with Crippen LogP contribution in [0.2, 0.25) is 0 Å². The zero-order valence-corrected chi connectivity index (χ0v) is 23.2. The molecular weight excluding hydrogens is 398 g/mol. The molecule has 2 aliphatic heterocycles. The van der Waals surface area contributed by atoms with E-state index in [1.807, 2.05) is 47.6 Å². The molecule has 33 heavy (non-hydrogen) atoms. The van der Waals surface area contributed by atoms with Crippen molar-refractivity contribution >= 4 is 5.57 Å². The van der Waals surface area contributed by atoms with Gasteiger partial charge in [0.15, 0.2) is 0 Å². The minimum absolute atomic E-state index is 0.314. The third kappa shape index (κ3) is 6.50. The Hall–Kier alpha value is -2.54. The first-order valence-electron chi connectivity index (χ1n) is 13.0. The fourth-order valence-corrected chi connectivity index (χ4v) is 4.32. The van der Waals surface area contributed by atoms with E-state index in [0.717, 1.165) is 30.7 Å². The summed E-state index contributed by atoms with van der Waals surface area (Å²) < 4.78 is 0. The fraction of sp³-hybridized carbons (Fsp3) is 0.438. The second-order valence-electron chi connectivity index (χ2n) is 7.48. The van der Waals surface area contributed by atoms with Crippen LogP contribution in [0.4, 0.5) is 0 Å². The van der Waals surface area contributed by atoms with Gasteiger partial charge in [-0.05, 0) is 70.8 Å². The number of allylic oxidation sites excluding steroid dienone is 6. The van der Waals surface area contributed by atoms with Gasteiger partial charge in [0.05, 0.1) is 0 Å². The van der Waals surface area contributed by atoms with Gasteiger partial charge in [-0.25, -0.2) is 0 Å². The third-order valence-corrected chi connectivity index (χ3v) is 5.98. The van der Waals surface area contributed by atoms with Crippen LogP contribution in [0.15, 0.2) is 89.8 Å². The van der Waals surface area contributed by atoms with Crippen LogP contribution < -0.4 is 0 Å². The van der Waals surface area contributed by atoms with Gasteiger partial charge in [-0.2, -0.15) is 0 Å². The topological polar surface area (TPSA) is 3.24 Å². The number of benzene rings is 1. The largest absolute Gasteiger partial charge is 0.337 e. The Morgan fingerprint density at radius 2 is 1.61 bits per heavy atom. The highest BCUT2D eigenvalue weighted by molar-refractivity contribution is 5.78. The standard InChI is InChI=1S/C26H31N.3C2H6/c1-8-17(4)24-15-26-19(6)25(16-27(26)20(7)21(24)9-2)22(10-3)23-14-12-11-13-18(23)5;3*1-2/h8,11-15,17H,1,6-7,9-10,16H2,2-5H3;3*1-2H3/b25-22-;;;. The van der Waals surface area contributed by atoms with Crippen LogP contribution in [-0.2, 0) is 0 Å². The van der Waals surface area contributed by atoms with Crippen molar-refractivity contribution in [3.8, 4) is 0 Å². The van der Waals surface area contributed by atoms with Crippen LogP contribution in [0.3, 0.4) is 0 Å². The normalized spacial score (nSPS) is 16.8. The molecule has 1 saturated heterocycles. The van der Waals surface area contributed by atoms with Crippen molar-refractivity contribution in [1.29, 1.82) is 0 Å². The molecule has 0 bridgehead atoms. The van der Waals surface area contributed by atoms with Gasteiger partial charge >= 0.3 is 0 Å². The molecule has 0 N–H and O–H groups in total. The fourth-order valence-electron chi connectivity index (χ4n) is 4.32. The molecule has 1 unspecified atom stereocenters. The van der Waals surface area contributed by atoms with E-state index in [2.05, 4.69) is 82.7 Å². The molecule has 1 aromatic rings. The Morgan fingerprint density at radius 3 is 2.09 bits per heavy atom. The number of rotatable bonds is 5. The molecule has 0 aliphatic carbocycles. The SMILES string of the molecule is C=CC(C)C1=C(CC)C(=C)N2C/C(=C(\CC)c3ccccc3C)C(=C)C2=C1.CC.CC.CC. The molecule has 3 rings (SSSR count). The summed E-state index contributed by atoms with van der Waals surface area (Å²) in [6, 6.07) is 8.65. The molecule has 1 heteroatoms. The Labute approximate surface area is 206 Å². The summed E-state index contributed by atoms with van der Waals surface area (Å²) in [6.45, 7) is 34.6. The minimum atomic E-state index is 0.314. The summed E-state index contributed by atoms with van der Waals surface area (Å²) in [7, 11) is 0. The number of nitrogens with zero attached hydrogens (tertiary/aromatic N) is 1. The average Bonchev–Trinajstić information content (AvgIpc) is 3.20. The van der Waals surface area contributed by atoms with E-state index in [4.69, 9.17) is 0 Å². The second kappa shape index (κ2) is 15.3. The molecule has 1 atom stereocenters. The van der Waals surface area contributed by atoms with E-state index in [1.165, 1.54) is 39.1 Å². The van der Waals surface area contributed by atoms with Crippen molar-refractivity contribution in [1.82, 2.24) is 4.90 Å². The van der Waals surface area contributed by atoms with Crippen LogP contribution >= 0.6 is 0 Å². The predicted molar refractivity (Wildman–Crippen MR) is 152 cm³/mol. The van der Waals surface area contributed by atoms with Crippen molar-refractivity contribution in [3.05, 3.63) is 101 Å². The third-order valence-electron chi connectivity index (χ3n) is 5.98. The van der Waals surface area contributed by atoms with Crippen LogP contribution in [0, 0.1) is 12.8 Å². The molecule has 0 aromatic heterocycles. The van der Waals surface area contributed by atoms with Crippen molar-refractivity contribution in [2.45, 2.75) is 82.1 Å². The Morgan fingerprint density at radius 1 is 1.03 bits per heavy atom. The summed E-state index contributed by atoms with van der Waals surface area (Å²) in [6.07, 6.45) is 6.32. The summed E-state index contributed by atoms with van der Waals surface area (Å²) in [5.74, 6) is 0.314. The highest BCUT2D eigenvalue weighted by atomic mass is 15.2. The Kier molecular flexibility index (Phi) is 14.1. The van der Waals surface area contributed by atoms with Gasteiger partial charge < -0.3 is 4.90 Å². The van der Waals surface area contributed by atoms with E-state index in [1.54, 1.807) is 0 Å². The van der Waals surface area contributed by atoms with Crippen LogP contribution in [0.1, 0.15) is 86.3 Å². The van der Waals surface area contributed by atoms with Gasteiger partial charge in [-0.3, -0.25) is 0 Å². The van der Waals surface area contributed by atoms with Crippen molar-refractivity contribution in [2.24, 2.45) is 5.92 Å². The van der Waals surface area contributed by atoms with Gasteiger partial charge in [0.25, 0.3) is 0 Å². The molecule has 0 saturated carbocycles. The molecule has 0 amide bonds. The molecular formula is C32H49N. The van der Waals surface area contributed by atoms with E-state index in [0.29, 0.717) is 5.92 Å². The summed E-state index contributed by atoms with van der Waals surface area (Å²) in [5.41, 5.74) is 11.5. The first kappa shape index (κ1) is 30.5. The van der Waals surface area contributed by atoms with Crippen LogP contribution in [0.25, 0.3) is 5.57 Å². The predicted octanol–water partition coefficient (Wildman–Crippen LogP) is 10.0. The summed E-state index contributed by atoms with van der Waals surface area (Å²) in [5, 5.41) is 0. The van der Waals surface area contributed by atoms with E-state index in [-0.39, 0.29) is 0 Å². The van der Waals surface area contributed by atoms with Crippen molar-refractivity contribution in [2.75, 3.05) is 6.54 Å². The number of hydrogen-bond acceptors (Lipinski definition) is 1. The average molecular weight is 448 g/mol. The molecule has 2 heterocycles. The highest BCUT2D eigenvalue weighted by Crippen LogP contribution is 2.45. The molecule has 182 valence electrons. The van der Waals surface area contributed by atoms with Crippen LogP contribution in [0.5, 0.6) is 0 Å². The van der Waals surface area contributed by atoms with Crippen molar-refractivity contribution in [3.63, 3.8) is 0 Å². The Balaban J connectivity index is 0.00000158. The lowest BCUT2D eigenvalue weighted by Gasteiger charge is -2.31. The molecule has 2 aliphatic rings. The number of fused-ring (bicyclic) bond motifs is 1.